The normalized spacial score (nSPS) is 21.4. The van der Waals surface area contributed by atoms with Crippen molar-refractivity contribution in [2.75, 3.05) is 4.90 Å². The van der Waals surface area contributed by atoms with E-state index in [1.165, 1.54) is 12.3 Å². The molecule has 1 N–H and O–H groups in total. The SMILES string of the molecule is O=C(O)c1ccc(N2C3CC[C@H]2C=C(OCc2c(-c4ccccc4F)noc2C2CC2)C3)nc1. The molecule has 1 aliphatic carbocycles. The van der Waals surface area contributed by atoms with Gasteiger partial charge in [-0.1, -0.05) is 17.3 Å². The summed E-state index contributed by atoms with van der Waals surface area (Å²) >= 11 is 0. The number of nitrogens with zero attached hydrogens (tertiary/aromatic N) is 3. The predicted octanol–water partition coefficient (Wildman–Crippen LogP) is 5.29. The minimum Gasteiger partial charge on any atom is -0.493 e. The number of anilines is 1. The third kappa shape index (κ3) is 3.73. The molecule has 0 radical (unpaired) electrons. The molecule has 34 heavy (non-hydrogen) atoms. The number of hydrogen-bond donors (Lipinski definition) is 1. The molecular weight excluding hydrogens is 437 g/mol. The average Bonchev–Trinajstić information content (AvgIpc) is 3.55. The van der Waals surface area contributed by atoms with Crippen LogP contribution in [0.1, 0.15) is 59.7 Å². The van der Waals surface area contributed by atoms with Gasteiger partial charge in [0.1, 0.15) is 29.7 Å². The molecule has 2 bridgehead atoms. The fraction of sp³-hybridized carbons (Fsp3) is 0.346. The van der Waals surface area contributed by atoms with Crippen molar-refractivity contribution in [3.8, 4) is 11.3 Å². The Morgan fingerprint density at radius 1 is 1.18 bits per heavy atom. The maximum atomic E-state index is 14.5. The van der Waals surface area contributed by atoms with Gasteiger partial charge in [0.2, 0.25) is 0 Å². The molecule has 7 nitrogen and oxygen atoms in total. The van der Waals surface area contributed by atoms with Crippen molar-refractivity contribution in [3.63, 3.8) is 0 Å². The second-order valence-electron chi connectivity index (χ2n) is 9.17. The Hall–Kier alpha value is -3.68. The summed E-state index contributed by atoms with van der Waals surface area (Å²) in [5.74, 6) is 1.52. The highest BCUT2D eigenvalue weighted by molar-refractivity contribution is 5.87. The van der Waals surface area contributed by atoms with Gasteiger partial charge in [-0.25, -0.2) is 14.2 Å². The zero-order valence-corrected chi connectivity index (χ0v) is 18.5. The Labute approximate surface area is 195 Å². The number of hydrogen-bond acceptors (Lipinski definition) is 6. The quantitative estimate of drug-likeness (QED) is 0.511. The molecular formula is C26H24FN3O4. The molecule has 2 aliphatic heterocycles. The van der Waals surface area contributed by atoms with E-state index in [1.54, 1.807) is 30.3 Å². The van der Waals surface area contributed by atoms with Crippen LogP contribution in [0.5, 0.6) is 0 Å². The first-order valence-corrected chi connectivity index (χ1v) is 11.6. The smallest absolute Gasteiger partial charge is 0.337 e. The number of carbonyl (C=O) groups is 1. The third-order valence-corrected chi connectivity index (χ3v) is 6.92. The zero-order chi connectivity index (χ0) is 23.2. The van der Waals surface area contributed by atoms with E-state index >= 15 is 0 Å². The van der Waals surface area contributed by atoms with E-state index in [1.807, 2.05) is 0 Å². The molecule has 2 aromatic heterocycles. The molecule has 8 heteroatoms. The Kier molecular flexibility index (Phi) is 5.08. The molecule has 2 atom stereocenters. The first-order valence-electron chi connectivity index (χ1n) is 11.6. The molecule has 1 saturated carbocycles. The topological polar surface area (TPSA) is 88.7 Å². The molecule has 6 rings (SSSR count). The highest BCUT2D eigenvalue weighted by atomic mass is 19.1. The Bertz CT molecular complexity index is 1270. The van der Waals surface area contributed by atoms with Gasteiger partial charge < -0.3 is 19.3 Å². The highest BCUT2D eigenvalue weighted by Gasteiger charge is 2.39. The van der Waals surface area contributed by atoms with Crippen LogP contribution in [0.4, 0.5) is 10.2 Å². The summed E-state index contributed by atoms with van der Waals surface area (Å²) in [5, 5.41) is 13.3. The van der Waals surface area contributed by atoms with Crippen LogP contribution in [0.2, 0.25) is 0 Å². The fourth-order valence-corrected chi connectivity index (χ4v) is 5.08. The van der Waals surface area contributed by atoms with E-state index in [0.717, 1.165) is 55.0 Å². The van der Waals surface area contributed by atoms with Crippen LogP contribution in [0.15, 0.2) is 59.0 Å². The number of ether oxygens (including phenoxy) is 1. The van der Waals surface area contributed by atoms with Crippen LogP contribution >= 0.6 is 0 Å². The molecule has 174 valence electrons. The first-order chi connectivity index (χ1) is 16.6. The average molecular weight is 461 g/mol. The van der Waals surface area contributed by atoms with Crippen LogP contribution in [0, 0.1) is 5.82 Å². The van der Waals surface area contributed by atoms with E-state index in [0.29, 0.717) is 17.2 Å². The number of carboxylic acids is 1. The maximum absolute atomic E-state index is 14.5. The predicted molar refractivity (Wildman–Crippen MR) is 122 cm³/mol. The van der Waals surface area contributed by atoms with E-state index in [2.05, 4.69) is 21.1 Å². The van der Waals surface area contributed by atoms with Gasteiger partial charge in [-0.15, -0.1) is 0 Å². The lowest BCUT2D eigenvalue weighted by molar-refractivity contribution is 0.0696. The number of fused-ring (bicyclic) bond motifs is 2. The number of benzene rings is 1. The standard InChI is InChI=1S/C26H24FN3O4/c27-22-4-2-1-3-20(22)24-21(25(34-29-24)15-5-6-15)14-33-19-11-17-8-9-18(12-19)30(17)23-10-7-16(13-28-23)26(31)32/h1-4,7,10-11,13,15,17-18H,5-6,8-9,12,14H2,(H,31,32)/t17-,18?/m0/s1. The van der Waals surface area contributed by atoms with Crippen molar-refractivity contribution in [3.05, 3.63) is 77.1 Å². The lowest BCUT2D eigenvalue weighted by Crippen LogP contribution is -2.39. The van der Waals surface area contributed by atoms with E-state index in [9.17, 15) is 9.18 Å². The third-order valence-electron chi connectivity index (χ3n) is 6.92. The number of halogens is 1. The molecule has 3 aliphatic rings. The second-order valence-corrected chi connectivity index (χ2v) is 9.17. The molecule has 3 aromatic rings. The van der Waals surface area contributed by atoms with Gasteiger partial charge in [-0.2, -0.15) is 0 Å². The molecule has 1 aromatic carbocycles. The van der Waals surface area contributed by atoms with E-state index in [-0.39, 0.29) is 30.1 Å². The van der Waals surface area contributed by atoms with Crippen molar-refractivity contribution in [2.45, 2.75) is 56.7 Å². The van der Waals surface area contributed by atoms with Gasteiger partial charge in [-0.3, -0.25) is 0 Å². The van der Waals surface area contributed by atoms with E-state index in [4.69, 9.17) is 14.4 Å². The van der Waals surface area contributed by atoms with Gasteiger partial charge in [0, 0.05) is 30.1 Å². The highest BCUT2D eigenvalue weighted by Crippen LogP contribution is 2.45. The van der Waals surface area contributed by atoms with Crippen LogP contribution in [-0.2, 0) is 11.3 Å². The summed E-state index contributed by atoms with van der Waals surface area (Å²) in [7, 11) is 0. The summed E-state index contributed by atoms with van der Waals surface area (Å²) in [6.07, 6.45) is 8.37. The molecule has 0 spiro atoms. The van der Waals surface area contributed by atoms with Gasteiger partial charge in [-0.05, 0) is 56.0 Å². The number of pyridine rings is 1. The lowest BCUT2D eigenvalue weighted by Gasteiger charge is -2.34. The minimum atomic E-state index is -0.981. The summed E-state index contributed by atoms with van der Waals surface area (Å²) < 4.78 is 26.4. The van der Waals surface area contributed by atoms with Crippen molar-refractivity contribution >= 4 is 11.8 Å². The fourth-order valence-electron chi connectivity index (χ4n) is 5.08. The monoisotopic (exact) mass is 461 g/mol. The number of carboxylic acid groups (broad SMARTS) is 1. The number of rotatable bonds is 7. The van der Waals surface area contributed by atoms with Crippen molar-refractivity contribution in [1.29, 1.82) is 0 Å². The van der Waals surface area contributed by atoms with E-state index < -0.39 is 5.97 Å². The Morgan fingerprint density at radius 2 is 2.03 bits per heavy atom. The molecule has 2 fully saturated rings. The largest absolute Gasteiger partial charge is 0.493 e. The van der Waals surface area contributed by atoms with Gasteiger partial charge in [0.05, 0.1) is 22.9 Å². The second kappa shape index (κ2) is 8.27. The number of aromatic nitrogens is 2. The maximum Gasteiger partial charge on any atom is 0.337 e. The van der Waals surface area contributed by atoms with Crippen LogP contribution in [0.25, 0.3) is 11.3 Å². The summed E-state index contributed by atoms with van der Waals surface area (Å²) in [6.45, 7) is 0.288. The molecule has 0 amide bonds. The molecule has 4 heterocycles. The molecule has 1 saturated heterocycles. The Balaban J connectivity index is 1.22. The van der Waals surface area contributed by atoms with Gasteiger partial charge in [0.25, 0.3) is 0 Å². The minimum absolute atomic E-state index is 0.147. The summed E-state index contributed by atoms with van der Waals surface area (Å²) in [5.41, 5.74) is 1.95. The summed E-state index contributed by atoms with van der Waals surface area (Å²) in [6, 6.07) is 10.4. The summed E-state index contributed by atoms with van der Waals surface area (Å²) in [4.78, 5) is 17.8. The Morgan fingerprint density at radius 3 is 2.74 bits per heavy atom. The van der Waals surface area contributed by atoms with Crippen LogP contribution in [0.3, 0.4) is 0 Å². The van der Waals surface area contributed by atoms with Crippen LogP contribution < -0.4 is 4.90 Å². The van der Waals surface area contributed by atoms with Crippen LogP contribution in [-0.4, -0.2) is 33.3 Å². The van der Waals surface area contributed by atoms with Gasteiger partial charge in [0.15, 0.2) is 0 Å². The van der Waals surface area contributed by atoms with Crippen molar-refractivity contribution < 1.29 is 23.6 Å². The molecule has 1 unspecified atom stereocenters. The number of aromatic carboxylic acids is 1. The zero-order valence-electron chi connectivity index (χ0n) is 18.5. The first kappa shape index (κ1) is 20.9. The van der Waals surface area contributed by atoms with Crippen molar-refractivity contribution in [1.82, 2.24) is 10.1 Å². The van der Waals surface area contributed by atoms with Crippen molar-refractivity contribution in [2.24, 2.45) is 0 Å². The lowest BCUT2D eigenvalue weighted by atomic mass is 10.0. The van der Waals surface area contributed by atoms with Gasteiger partial charge >= 0.3 is 5.97 Å².